The Bertz CT molecular complexity index is 1100. The van der Waals surface area contributed by atoms with Crippen LogP contribution in [0, 0.1) is 15.6 Å². The summed E-state index contributed by atoms with van der Waals surface area (Å²) in [6.07, 6.45) is 4.78. The second-order valence-corrected chi connectivity index (χ2v) is 15.0. The molecule has 2 atom stereocenters. The first-order chi connectivity index (χ1) is 16.7. The molecule has 0 radical (unpaired) electrons. The van der Waals surface area contributed by atoms with Gasteiger partial charge in [0.05, 0.1) is 11.2 Å². The SMILES string of the molecule is CCn1cc(O)n(CC(C)(C)CCS(=O)CCS(=O)CCC(C)(C)Cn2c(S)cn(CC)c2=S)c1=O. The molecule has 2 aromatic rings. The summed E-state index contributed by atoms with van der Waals surface area (Å²) in [5.74, 6) is 1.77. The van der Waals surface area contributed by atoms with Crippen molar-refractivity contribution in [1.29, 1.82) is 0 Å². The quantitative estimate of drug-likeness (QED) is 0.246. The van der Waals surface area contributed by atoms with Crippen LogP contribution >= 0.6 is 24.8 Å². The second kappa shape index (κ2) is 13.1. The Morgan fingerprint density at radius 2 is 1.33 bits per heavy atom. The van der Waals surface area contributed by atoms with E-state index in [1.807, 2.05) is 43.0 Å². The van der Waals surface area contributed by atoms with Gasteiger partial charge in [0.2, 0.25) is 5.88 Å². The van der Waals surface area contributed by atoms with Gasteiger partial charge < -0.3 is 14.2 Å². The Kier molecular flexibility index (Phi) is 11.3. The van der Waals surface area contributed by atoms with Crippen LogP contribution < -0.4 is 5.69 Å². The smallest absolute Gasteiger partial charge is 0.331 e. The van der Waals surface area contributed by atoms with Gasteiger partial charge in [-0.2, -0.15) is 0 Å². The molecule has 0 fully saturated rings. The van der Waals surface area contributed by atoms with Crippen LogP contribution in [0.2, 0.25) is 0 Å². The molecular formula is C24H42N4O4S4. The minimum Gasteiger partial charge on any atom is -0.493 e. The maximum atomic E-state index is 12.6. The standard InChI is InChI=1S/C24H42N4O4S4/c1-7-25-15-19(29)27(21(25)30)17-23(3,4)9-11-35(31)13-14-36(32)12-10-24(5,6)18-28-20(33)16-26(8-2)22(28)34/h15-16,29,33H,7-14,17-18H2,1-6H3. The largest absolute Gasteiger partial charge is 0.493 e. The number of hydrogen-bond acceptors (Lipinski definition) is 6. The van der Waals surface area contributed by atoms with Crippen LogP contribution in [0.25, 0.3) is 0 Å². The molecular weight excluding hydrogens is 537 g/mol. The molecule has 0 saturated carbocycles. The Morgan fingerprint density at radius 1 is 0.861 bits per heavy atom. The van der Waals surface area contributed by atoms with Crippen LogP contribution in [0.3, 0.4) is 0 Å². The Labute approximate surface area is 230 Å². The van der Waals surface area contributed by atoms with Gasteiger partial charge in [0.1, 0.15) is 0 Å². The minimum absolute atomic E-state index is 0.0507. The molecule has 0 amide bonds. The fourth-order valence-electron chi connectivity index (χ4n) is 3.97. The van der Waals surface area contributed by atoms with E-state index < -0.39 is 21.6 Å². The first-order valence-electron chi connectivity index (χ1n) is 12.4. The highest BCUT2D eigenvalue weighted by atomic mass is 32.2. The van der Waals surface area contributed by atoms with Crippen molar-refractivity contribution in [1.82, 2.24) is 18.3 Å². The van der Waals surface area contributed by atoms with Crippen molar-refractivity contribution in [2.75, 3.05) is 23.0 Å². The van der Waals surface area contributed by atoms with E-state index in [0.29, 0.717) is 49.1 Å². The van der Waals surface area contributed by atoms with Gasteiger partial charge in [0, 0.05) is 77.0 Å². The predicted molar refractivity (Wildman–Crippen MR) is 155 cm³/mol. The minimum atomic E-state index is -1.09. The molecule has 12 heteroatoms. The number of rotatable bonds is 15. The number of aromatic hydroxyl groups is 1. The average molecular weight is 579 g/mol. The number of thiol groups is 1. The van der Waals surface area contributed by atoms with E-state index in [-0.39, 0.29) is 22.4 Å². The van der Waals surface area contributed by atoms with Gasteiger partial charge in [-0.15, -0.1) is 12.6 Å². The summed E-state index contributed by atoms with van der Waals surface area (Å²) in [4.78, 5) is 12.4. The molecule has 8 nitrogen and oxygen atoms in total. The predicted octanol–water partition coefficient (Wildman–Crippen LogP) is 4.05. The highest BCUT2D eigenvalue weighted by Crippen LogP contribution is 2.27. The van der Waals surface area contributed by atoms with E-state index in [2.05, 4.69) is 26.5 Å². The first-order valence-corrected chi connectivity index (χ1v) is 16.2. The Balaban J connectivity index is 1.79. The summed E-state index contributed by atoms with van der Waals surface area (Å²) in [7, 11) is -2.14. The number of hydrogen-bond donors (Lipinski definition) is 2. The molecule has 206 valence electrons. The molecule has 0 spiro atoms. The molecule has 0 saturated heterocycles. The molecule has 2 rings (SSSR count). The molecule has 0 aliphatic heterocycles. The van der Waals surface area contributed by atoms with E-state index >= 15 is 0 Å². The molecule has 0 aliphatic carbocycles. The van der Waals surface area contributed by atoms with Crippen LogP contribution in [0.1, 0.15) is 54.4 Å². The zero-order valence-corrected chi connectivity index (χ0v) is 25.7. The van der Waals surface area contributed by atoms with Crippen molar-refractivity contribution < 1.29 is 13.5 Å². The lowest BCUT2D eigenvalue weighted by Gasteiger charge is -2.25. The number of nitrogens with zero attached hydrogens (tertiary/aromatic N) is 4. The van der Waals surface area contributed by atoms with Gasteiger partial charge >= 0.3 is 5.69 Å². The van der Waals surface area contributed by atoms with E-state index in [9.17, 15) is 18.3 Å². The topological polar surface area (TPSA) is 91.2 Å². The maximum absolute atomic E-state index is 12.6. The van der Waals surface area contributed by atoms with Crippen molar-refractivity contribution in [2.24, 2.45) is 10.8 Å². The zero-order valence-electron chi connectivity index (χ0n) is 22.4. The molecule has 2 aromatic heterocycles. The van der Waals surface area contributed by atoms with E-state index in [1.165, 1.54) is 15.3 Å². The molecule has 1 N–H and O–H groups in total. The fraction of sp³-hybridized carbons (Fsp3) is 0.750. The first kappa shape index (κ1) is 31.1. The Hall–Kier alpha value is -1.11. The summed E-state index contributed by atoms with van der Waals surface area (Å²) >= 11 is 10.1. The van der Waals surface area contributed by atoms with Gasteiger partial charge in [0.15, 0.2) is 4.77 Å². The summed E-state index contributed by atoms with van der Waals surface area (Å²) in [6.45, 7) is 14.5. The van der Waals surface area contributed by atoms with Crippen molar-refractivity contribution in [3.63, 3.8) is 0 Å². The lowest BCUT2D eigenvalue weighted by molar-refractivity contribution is 0.272. The molecule has 36 heavy (non-hydrogen) atoms. The van der Waals surface area contributed by atoms with Crippen LogP contribution in [0.4, 0.5) is 0 Å². The molecule has 0 aromatic carbocycles. The molecule has 2 unspecified atom stereocenters. The number of aryl methyl sites for hydroxylation is 2. The van der Waals surface area contributed by atoms with Gasteiger partial charge in [-0.05, 0) is 49.7 Å². The third-order valence-electron chi connectivity index (χ3n) is 6.45. The third-order valence-corrected chi connectivity index (χ3v) is 10.2. The van der Waals surface area contributed by atoms with Gasteiger partial charge in [-0.1, -0.05) is 27.7 Å². The highest BCUT2D eigenvalue weighted by molar-refractivity contribution is 7.88. The maximum Gasteiger partial charge on any atom is 0.331 e. The second-order valence-electron chi connectivity index (χ2n) is 10.8. The zero-order chi connectivity index (χ0) is 27.3. The van der Waals surface area contributed by atoms with Gasteiger partial charge in [-0.3, -0.25) is 17.6 Å². The monoisotopic (exact) mass is 578 g/mol. The van der Waals surface area contributed by atoms with Crippen molar-refractivity contribution >= 4 is 46.4 Å². The summed E-state index contributed by atoms with van der Waals surface area (Å²) < 4.78 is 32.8. The number of aromatic nitrogens is 4. The molecule has 0 aliphatic rings. The molecule has 0 bridgehead atoms. The van der Waals surface area contributed by atoms with Crippen LogP contribution in [-0.4, -0.2) is 54.8 Å². The van der Waals surface area contributed by atoms with Crippen molar-refractivity contribution in [2.45, 2.75) is 85.6 Å². The van der Waals surface area contributed by atoms with E-state index in [0.717, 1.165) is 22.8 Å². The van der Waals surface area contributed by atoms with Crippen molar-refractivity contribution in [3.8, 4) is 5.88 Å². The highest BCUT2D eigenvalue weighted by Gasteiger charge is 2.24. The van der Waals surface area contributed by atoms with E-state index in [1.54, 1.807) is 0 Å². The van der Waals surface area contributed by atoms with Crippen LogP contribution in [0.5, 0.6) is 5.88 Å². The molecule has 2 heterocycles. The number of imidazole rings is 2. The van der Waals surface area contributed by atoms with Gasteiger partial charge in [0.25, 0.3) is 0 Å². The lowest BCUT2D eigenvalue weighted by Crippen LogP contribution is -2.31. The van der Waals surface area contributed by atoms with E-state index in [4.69, 9.17) is 12.2 Å². The normalized spacial score (nSPS) is 14.3. The fourth-order valence-corrected chi connectivity index (χ4v) is 8.14. The Morgan fingerprint density at radius 3 is 1.75 bits per heavy atom. The summed E-state index contributed by atoms with van der Waals surface area (Å²) in [5, 5.41) is 10.9. The lowest BCUT2D eigenvalue weighted by atomic mass is 9.90. The van der Waals surface area contributed by atoms with Crippen molar-refractivity contribution in [3.05, 3.63) is 27.6 Å². The average Bonchev–Trinajstić information content (AvgIpc) is 3.23. The summed E-state index contributed by atoms with van der Waals surface area (Å²) in [5.41, 5.74) is -0.656. The summed E-state index contributed by atoms with van der Waals surface area (Å²) in [6, 6.07) is 0. The van der Waals surface area contributed by atoms with Gasteiger partial charge in [-0.25, -0.2) is 4.79 Å². The third kappa shape index (κ3) is 8.73. The van der Waals surface area contributed by atoms with Crippen LogP contribution in [-0.2, 0) is 47.8 Å². The van der Waals surface area contributed by atoms with Crippen LogP contribution in [0.15, 0.2) is 22.2 Å².